The van der Waals surface area contributed by atoms with Gasteiger partial charge in [-0.15, -0.1) is 11.3 Å². The Bertz CT molecular complexity index is 983. The van der Waals surface area contributed by atoms with Crippen LogP contribution in [0, 0.1) is 13.8 Å². The molecule has 0 fully saturated rings. The van der Waals surface area contributed by atoms with E-state index in [-0.39, 0.29) is 12.5 Å². The number of nitrogens with zero attached hydrogens (tertiary/aromatic N) is 3. The number of rotatable bonds is 6. The maximum Gasteiger partial charge on any atom is 0.247 e. The van der Waals surface area contributed by atoms with Crippen LogP contribution < -0.4 is 14.8 Å². The molecule has 0 radical (unpaired) electrons. The Hall–Kier alpha value is -2.58. The second-order valence-electron chi connectivity index (χ2n) is 5.80. The lowest BCUT2D eigenvalue weighted by atomic mass is 10.1. The molecule has 0 unspecified atom stereocenters. The fourth-order valence-corrected chi connectivity index (χ4v) is 3.45. The van der Waals surface area contributed by atoms with Gasteiger partial charge in [-0.2, -0.15) is 5.10 Å². The number of aryl methyl sites for hydroxylation is 1. The van der Waals surface area contributed by atoms with Crippen LogP contribution in [0.3, 0.4) is 0 Å². The van der Waals surface area contributed by atoms with E-state index >= 15 is 0 Å². The Kier molecular flexibility index (Phi) is 5.67. The molecule has 0 atom stereocenters. The van der Waals surface area contributed by atoms with Crippen LogP contribution in [0.1, 0.15) is 11.4 Å². The van der Waals surface area contributed by atoms with Crippen LogP contribution in [0.15, 0.2) is 23.6 Å². The van der Waals surface area contributed by atoms with Gasteiger partial charge in [0, 0.05) is 10.9 Å². The van der Waals surface area contributed by atoms with E-state index in [0.29, 0.717) is 27.3 Å². The largest absolute Gasteiger partial charge is 0.493 e. The second-order valence-corrected chi connectivity index (χ2v) is 7.03. The molecular formula is C18H19ClN4O3S. The molecule has 1 amide bonds. The number of carbonyl (C=O) groups is 1. The molecule has 0 bridgehead atoms. The van der Waals surface area contributed by atoms with Gasteiger partial charge in [0.15, 0.2) is 16.6 Å². The lowest BCUT2D eigenvalue weighted by molar-refractivity contribution is -0.116. The molecule has 27 heavy (non-hydrogen) atoms. The first-order chi connectivity index (χ1) is 12.9. The number of ether oxygens (including phenoxy) is 2. The Labute approximate surface area is 165 Å². The summed E-state index contributed by atoms with van der Waals surface area (Å²) >= 11 is 7.46. The highest BCUT2D eigenvalue weighted by Crippen LogP contribution is 2.33. The number of aromatic nitrogens is 3. The third-order valence-electron chi connectivity index (χ3n) is 4.02. The van der Waals surface area contributed by atoms with Gasteiger partial charge in [0.1, 0.15) is 6.54 Å². The summed E-state index contributed by atoms with van der Waals surface area (Å²) in [6.45, 7) is 3.71. The zero-order valence-corrected chi connectivity index (χ0v) is 16.9. The van der Waals surface area contributed by atoms with Crippen LogP contribution in [-0.2, 0) is 11.3 Å². The first kappa shape index (κ1) is 19.2. The summed E-state index contributed by atoms with van der Waals surface area (Å²) in [5.74, 6) is 1.05. The number of hydrogen-bond donors (Lipinski definition) is 1. The summed E-state index contributed by atoms with van der Waals surface area (Å²) < 4.78 is 12.1. The molecule has 3 rings (SSSR count). The summed E-state index contributed by atoms with van der Waals surface area (Å²) in [6.07, 6.45) is 0. The highest BCUT2D eigenvalue weighted by molar-refractivity contribution is 7.14. The number of thiazole rings is 1. The van der Waals surface area contributed by atoms with Crippen molar-refractivity contribution in [3.8, 4) is 22.8 Å². The number of nitrogens with one attached hydrogen (secondary N) is 1. The maximum absolute atomic E-state index is 12.3. The molecule has 0 saturated carbocycles. The van der Waals surface area contributed by atoms with E-state index in [2.05, 4.69) is 15.4 Å². The van der Waals surface area contributed by atoms with Crippen LogP contribution in [-0.4, -0.2) is 34.9 Å². The average Bonchev–Trinajstić information content (AvgIpc) is 3.22. The predicted octanol–water partition coefficient (Wildman–Crippen LogP) is 3.93. The molecule has 1 N–H and O–H groups in total. The summed E-state index contributed by atoms with van der Waals surface area (Å²) in [7, 11) is 3.17. The predicted molar refractivity (Wildman–Crippen MR) is 106 cm³/mol. The van der Waals surface area contributed by atoms with Gasteiger partial charge in [0.25, 0.3) is 0 Å². The first-order valence-electron chi connectivity index (χ1n) is 8.10. The lowest BCUT2D eigenvalue weighted by Crippen LogP contribution is -2.20. The third kappa shape index (κ3) is 4.06. The molecule has 0 aliphatic rings. The maximum atomic E-state index is 12.3. The van der Waals surface area contributed by atoms with Crippen LogP contribution in [0.5, 0.6) is 11.5 Å². The zero-order chi connectivity index (χ0) is 19.6. The molecule has 3 aromatic rings. The van der Waals surface area contributed by atoms with Gasteiger partial charge in [-0.3, -0.25) is 9.48 Å². The Morgan fingerprint density at radius 3 is 2.63 bits per heavy atom. The minimum atomic E-state index is -0.217. The van der Waals surface area contributed by atoms with Gasteiger partial charge >= 0.3 is 0 Å². The molecule has 9 heteroatoms. The smallest absolute Gasteiger partial charge is 0.247 e. The number of halogens is 1. The van der Waals surface area contributed by atoms with Gasteiger partial charge in [-0.25, -0.2) is 4.98 Å². The van der Waals surface area contributed by atoms with Crippen LogP contribution in [0.25, 0.3) is 11.3 Å². The Morgan fingerprint density at radius 2 is 2.00 bits per heavy atom. The summed E-state index contributed by atoms with van der Waals surface area (Å²) in [4.78, 5) is 16.8. The molecule has 0 saturated heterocycles. The second kappa shape index (κ2) is 7.98. The van der Waals surface area contributed by atoms with E-state index in [1.165, 1.54) is 11.3 Å². The van der Waals surface area contributed by atoms with Crippen molar-refractivity contribution in [2.75, 3.05) is 19.5 Å². The first-order valence-corrected chi connectivity index (χ1v) is 9.36. The van der Waals surface area contributed by atoms with E-state index < -0.39 is 0 Å². The van der Waals surface area contributed by atoms with Crippen molar-refractivity contribution in [2.45, 2.75) is 20.4 Å². The van der Waals surface area contributed by atoms with Crippen molar-refractivity contribution in [1.82, 2.24) is 14.8 Å². The molecule has 2 heterocycles. The topological polar surface area (TPSA) is 78.3 Å². The standard InChI is InChI=1S/C18H19ClN4O3S/c1-10-17(19)11(2)23(22-10)8-16(24)21-18-20-13(9-27-18)12-5-6-14(25-3)15(7-12)26-4/h5-7,9H,8H2,1-4H3,(H,20,21,24). The molecule has 0 aliphatic carbocycles. The average molecular weight is 407 g/mol. The van der Waals surface area contributed by atoms with Crippen molar-refractivity contribution in [3.05, 3.63) is 40.0 Å². The Morgan fingerprint density at radius 1 is 1.26 bits per heavy atom. The van der Waals surface area contributed by atoms with E-state index in [4.69, 9.17) is 21.1 Å². The number of methoxy groups -OCH3 is 2. The minimum Gasteiger partial charge on any atom is -0.493 e. The summed E-state index contributed by atoms with van der Waals surface area (Å²) in [5, 5.41) is 10.0. The van der Waals surface area contributed by atoms with Crippen LogP contribution in [0.4, 0.5) is 5.13 Å². The fourth-order valence-electron chi connectivity index (χ4n) is 2.58. The summed E-state index contributed by atoms with van der Waals surface area (Å²) in [5.41, 5.74) is 3.07. The van der Waals surface area contributed by atoms with E-state index in [9.17, 15) is 4.79 Å². The molecular weight excluding hydrogens is 388 g/mol. The normalized spacial score (nSPS) is 10.7. The molecule has 0 aliphatic heterocycles. The van der Waals surface area contributed by atoms with Gasteiger partial charge in [-0.05, 0) is 32.0 Å². The number of benzene rings is 1. The molecule has 1 aromatic carbocycles. The number of hydrogen-bond acceptors (Lipinski definition) is 6. The third-order valence-corrected chi connectivity index (χ3v) is 5.32. The number of anilines is 1. The van der Waals surface area contributed by atoms with Crippen molar-refractivity contribution in [3.63, 3.8) is 0 Å². The van der Waals surface area contributed by atoms with E-state index in [0.717, 1.165) is 17.0 Å². The number of carbonyl (C=O) groups excluding carboxylic acids is 1. The highest BCUT2D eigenvalue weighted by Gasteiger charge is 2.14. The van der Waals surface area contributed by atoms with Gasteiger partial charge in [0.2, 0.25) is 5.91 Å². The van der Waals surface area contributed by atoms with Crippen LogP contribution in [0.2, 0.25) is 5.02 Å². The molecule has 2 aromatic heterocycles. The summed E-state index contributed by atoms with van der Waals surface area (Å²) in [6, 6.07) is 5.55. The SMILES string of the molecule is COc1ccc(-c2csc(NC(=O)Cn3nc(C)c(Cl)c3C)n2)cc1OC. The highest BCUT2D eigenvalue weighted by atomic mass is 35.5. The minimum absolute atomic E-state index is 0.0741. The van der Waals surface area contributed by atoms with Crippen LogP contribution >= 0.6 is 22.9 Å². The van der Waals surface area contributed by atoms with E-state index in [1.54, 1.807) is 25.8 Å². The van der Waals surface area contributed by atoms with E-state index in [1.807, 2.05) is 30.5 Å². The number of amides is 1. The molecule has 7 nitrogen and oxygen atoms in total. The monoisotopic (exact) mass is 406 g/mol. The zero-order valence-electron chi connectivity index (χ0n) is 15.4. The fraction of sp³-hybridized carbons (Fsp3) is 0.278. The molecule has 142 valence electrons. The van der Waals surface area contributed by atoms with Crippen molar-refractivity contribution < 1.29 is 14.3 Å². The van der Waals surface area contributed by atoms with Crippen molar-refractivity contribution >= 4 is 34.0 Å². The molecule has 0 spiro atoms. The van der Waals surface area contributed by atoms with Gasteiger partial charge in [-0.1, -0.05) is 11.6 Å². The Balaban J connectivity index is 1.72. The quantitative estimate of drug-likeness (QED) is 0.671. The van der Waals surface area contributed by atoms with Crippen molar-refractivity contribution in [2.24, 2.45) is 0 Å². The lowest BCUT2D eigenvalue weighted by Gasteiger charge is -2.08. The van der Waals surface area contributed by atoms with Gasteiger partial charge < -0.3 is 14.8 Å². The van der Waals surface area contributed by atoms with Crippen molar-refractivity contribution in [1.29, 1.82) is 0 Å². The van der Waals surface area contributed by atoms with Gasteiger partial charge in [0.05, 0.1) is 36.3 Å².